The highest BCUT2D eigenvalue weighted by molar-refractivity contribution is 6.62. The Bertz CT molecular complexity index is 225. The second-order valence-electron chi connectivity index (χ2n) is 1.92. The van der Waals surface area contributed by atoms with Crippen molar-refractivity contribution in [3.05, 3.63) is 0 Å². The fourth-order valence-electron chi connectivity index (χ4n) is 0.519. The Balaban J connectivity index is 4.41. The van der Waals surface area contributed by atoms with Gasteiger partial charge in [0.05, 0.1) is 6.61 Å². The molecule has 0 bridgehead atoms. The predicted octanol–water partition coefficient (Wildman–Crippen LogP) is 0.477. The van der Waals surface area contributed by atoms with E-state index in [1.807, 2.05) is 0 Å². The van der Waals surface area contributed by atoms with Crippen LogP contribution in [0.2, 0.25) is 0 Å². The van der Waals surface area contributed by atoms with Gasteiger partial charge in [0, 0.05) is 0 Å². The van der Waals surface area contributed by atoms with E-state index in [-0.39, 0.29) is 13.2 Å². The van der Waals surface area contributed by atoms with Crippen molar-refractivity contribution in [1.29, 1.82) is 5.41 Å². The lowest BCUT2D eigenvalue weighted by atomic mass is 10.4. The van der Waals surface area contributed by atoms with Gasteiger partial charge in [-0.2, -0.15) is 0 Å². The van der Waals surface area contributed by atoms with E-state index >= 15 is 0 Å². The molecule has 0 aromatic heterocycles. The maximum absolute atomic E-state index is 10.5. The van der Waals surface area contributed by atoms with E-state index in [9.17, 15) is 4.79 Å². The fourth-order valence-corrected chi connectivity index (χ4v) is 0.519. The zero-order valence-corrected chi connectivity index (χ0v) is 7.53. The van der Waals surface area contributed by atoms with Crippen molar-refractivity contribution in [2.75, 3.05) is 13.2 Å². The molecule has 0 rings (SSSR count). The number of nitrogens with one attached hydrogen (secondary N) is 1. The molecular formula is C7H12N2O4. The van der Waals surface area contributed by atoms with Gasteiger partial charge in [-0.3, -0.25) is 5.41 Å². The number of hydrogen-bond donors (Lipinski definition) is 2. The Labute approximate surface area is 75.6 Å². The molecular weight excluding hydrogens is 176 g/mol. The van der Waals surface area contributed by atoms with Crippen LogP contribution in [0, 0.1) is 5.41 Å². The second-order valence-corrected chi connectivity index (χ2v) is 1.92. The van der Waals surface area contributed by atoms with Crippen molar-refractivity contribution >= 4 is 17.6 Å². The van der Waals surface area contributed by atoms with E-state index in [1.165, 1.54) is 0 Å². The normalized spacial score (nSPS) is 10.8. The van der Waals surface area contributed by atoms with Crippen LogP contribution in [0.25, 0.3) is 0 Å². The Morgan fingerprint density at radius 3 is 2.46 bits per heavy atom. The summed E-state index contributed by atoms with van der Waals surface area (Å²) in [5.41, 5.74) is -0.524. The quantitative estimate of drug-likeness (QED) is 0.373. The molecule has 0 saturated carbocycles. The number of rotatable bonds is 5. The highest BCUT2D eigenvalue weighted by Crippen LogP contribution is 1.88. The first-order valence-electron chi connectivity index (χ1n) is 3.78. The molecule has 0 saturated heterocycles. The van der Waals surface area contributed by atoms with Crippen LogP contribution in [0.15, 0.2) is 5.16 Å². The van der Waals surface area contributed by atoms with Crippen LogP contribution in [0.4, 0.5) is 0 Å². The van der Waals surface area contributed by atoms with Gasteiger partial charge in [0.2, 0.25) is 11.6 Å². The third-order valence-electron chi connectivity index (χ3n) is 0.991. The zero-order valence-electron chi connectivity index (χ0n) is 7.53. The molecule has 0 aliphatic heterocycles. The van der Waals surface area contributed by atoms with Crippen molar-refractivity contribution in [3.63, 3.8) is 0 Å². The smallest absolute Gasteiger partial charge is 0.363 e. The summed E-state index contributed by atoms with van der Waals surface area (Å²) >= 11 is 0. The van der Waals surface area contributed by atoms with Crippen LogP contribution in [0.3, 0.4) is 0 Å². The number of hydrogen-bond acceptors (Lipinski definition) is 5. The number of ether oxygens (including phenoxy) is 1. The Morgan fingerprint density at radius 2 is 2.08 bits per heavy atom. The highest BCUT2D eigenvalue weighted by atomic mass is 16.6. The zero-order chi connectivity index (χ0) is 10.3. The summed E-state index contributed by atoms with van der Waals surface area (Å²) in [5.74, 6) is -1.84. The van der Waals surface area contributed by atoms with Gasteiger partial charge in [-0.15, -0.1) is 0 Å². The number of carboxylic acids is 1. The fraction of sp³-hybridized carbons (Fsp3) is 0.571. The SMILES string of the molecule is CCON=C(C(=N)OCC)C(=O)O. The third-order valence-corrected chi connectivity index (χ3v) is 0.991. The van der Waals surface area contributed by atoms with Crippen LogP contribution >= 0.6 is 0 Å². The van der Waals surface area contributed by atoms with Gasteiger partial charge in [0.15, 0.2) is 0 Å². The first kappa shape index (κ1) is 11.4. The van der Waals surface area contributed by atoms with E-state index in [2.05, 4.69) is 14.7 Å². The number of carboxylic acid groups (broad SMARTS) is 1. The van der Waals surface area contributed by atoms with Gasteiger partial charge in [-0.1, -0.05) is 5.16 Å². The third kappa shape index (κ3) is 4.09. The molecule has 0 unspecified atom stereocenters. The minimum atomic E-state index is -1.34. The molecule has 0 radical (unpaired) electrons. The number of carbonyl (C=O) groups is 1. The van der Waals surface area contributed by atoms with E-state index in [4.69, 9.17) is 10.5 Å². The van der Waals surface area contributed by atoms with Gasteiger partial charge in [0.25, 0.3) is 0 Å². The average molecular weight is 188 g/mol. The van der Waals surface area contributed by atoms with Gasteiger partial charge < -0.3 is 14.7 Å². The Kier molecular flexibility index (Phi) is 5.25. The Morgan fingerprint density at radius 1 is 1.46 bits per heavy atom. The molecule has 0 heterocycles. The number of nitrogens with zero attached hydrogens (tertiary/aromatic N) is 1. The summed E-state index contributed by atoms with van der Waals surface area (Å²) in [6.07, 6.45) is 0. The van der Waals surface area contributed by atoms with Crippen LogP contribution in [-0.2, 0) is 14.4 Å². The number of oxime groups is 1. The minimum absolute atomic E-state index is 0.220. The monoisotopic (exact) mass is 188 g/mol. The van der Waals surface area contributed by atoms with Gasteiger partial charge in [-0.25, -0.2) is 4.79 Å². The lowest BCUT2D eigenvalue weighted by molar-refractivity contribution is -0.129. The molecule has 74 valence electrons. The summed E-state index contributed by atoms with van der Waals surface area (Å²) in [6, 6.07) is 0. The topological polar surface area (TPSA) is 92.0 Å². The lowest BCUT2D eigenvalue weighted by Gasteiger charge is -2.03. The second kappa shape index (κ2) is 5.99. The summed E-state index contributed by atoms with van der Waals surface area (Å²) < 4.78 is 4.65. The summed E-state index contributed by atoms with van der Waals surface area (Å²) in [4.78, 5) is 15.0. The van der Waals surface area contributed by atoms with Gasteiger partial charge >= 0.3 is 5.97 Å². The molecule has 6 heteroatoms. The molecule has 0 aromatic carbocycles. The molecule has 0 spiro atoms. The molecule has 0 aromatic rings. The van der Waals surface area contributed by atoms with E-state index in [0.717, 1.165) is 0 Å². The van der Waals surface area contributed by atoms with E-state index < -0.39 is 17.6 Å². The summed E-state index contributed by atoms with van der Waals surface area (Å²) in [7, 11) is 0. The lowest BCUT2D eigenvalue weighted by Crippen LogP contribution is -2.25. The maximum Gasteiger partial charge on any atom is 0.363 e. The van der Waals surface area contributed by atoms with Crippen LogP contribution < -0.4 is 0 Å². The molecule has 0 aliphatic rings. The van der Waals surface area contributed by atoms with Crippen molar-refractivity contribution in [1.82, 2.24) is 0 Å². The maximum atomic E-state index is 10.5. The largest absolute Gasteiger partial charge is 0.477 e. The molecule has 13 heavy (non-hydrogen) atoms. The van der Waals surface area contributed by atoms with Crippen molar-refractivity contribution in [2.24, 2.45) is 5.16 Å². The van der Waals surface area contributed by atoms with E-state index in [0.29, 0.717) is 0 Å². The molecule has 0 fully saturated rings. The van der Waals surface area contributed by atoms with Crippen molar-refractivity contribution < 1.29 is 19.5 Å². The first-order valence-corrected chi connectivity index (χ1v) is 3.78. The predicted molar refractivity (Wildman–Crippen MR) is 46.0 cm³/mol. The van der Waals surface area contributed by atoms with Gasteiger partial charge in [0.1, 0.15) is 6.61 Å². The van der Waals surface area contributed by atoms with Gasteiger partial charge in [-0.05, 0) is 13.8 Å². The van der Waals surface area contributed by atoms with E-state index in [1.54, 1.807) is 13.8 Å². The first-order chi connectivity index (χ1) is 6.13. The molecule has 0 aliphatic carbocycles. The van der Waals surface area contributed by atoms with Crippen molar-refractivity contribution in [3.8, 4) is 0 Å². The van der Waals surface area contributed by atoms with Crippen LogP contribution in [0.5, 0.6) is 0 Å². The van der Waals surface area contributed by atoms with Crippen LogP contribution in [0.1, 0.15) is 13.8 Å². The average Bonchev–Trinajstić information content (AvgIpc) is 2.05. The molecule has 6 nitrogen and oxygen atoms in total. The molecule has 0 amide bonds. The molecule has 2 N–H and O–H groups in total. The minimum Gasteiger partial charge on any atom is -0.477 e. The standard InChI is InChI=1S/C7H12N2O4/c1-3-12-6(8)5(7(10)11)9-13-4-2/h8H,3-4H2,1-2H3,(H,10,11). The van der Waals surface area contributed by atoms with Crippen molar-refractivity contribution in [2.45, 2.75) is 13.8 Å². The van der Waals surface area contributed by atoms with Crippen LogP contribution in [-0.4, -0.2) is 35.9 Å². The molecule has 0 atom stereocenters. The number of aliphatic carboxylic acids is 1. The summed E-state index contributed by atoms with van der Waals surface area (Å²) in [5, 5.41) is 18.9. The summed E-state index contributed by atoms with van der Waals surface area (Å²) in [6.45, 7) is 3.77. The highest BCUT2D eigenvalue weighted by Gasteiger charge is 2.17. The Hall–Kier alpha value is -1.59.